The monoisotopic (exact) mass is 400 g/mol. The van der Waals surface area contributed by atoms with Crippen LogP contribution in [0.25, 0.3) is 10.2 Å². The topological polar surface area (TPSA) is 42.4 Å². The van der Waals surface area contributed by atoms with E-state index in [-0.39, 0.29) is 5.91 Å². The number of thiazole rings is 1. The van der Waals surface area contributed by atoms with Crippen molar-refractivity contribution in [3.63, 3.8) is 0 Å². The van der Waals surface area contributed by atoms with Crippen molar-refractivity contribution >= 4 is 39.1 Å². The van der Waals surface area contributed by atoms with Gasteiger partial charge >= 0.3 is 0 Å². The van der Waals surface area contributed by atoms with Gasteiger partial charge in [-0.1, -0.05) is 17.7 Å². The van der Waals surface area contributed by atoms with Gasteiger partial charge in [0.25, 0.3) is 5.91 Å². The molecule has 4 rings (SSSR count). The Morgan fingerprint density at radius 1 is 1.22 bits per heavy atom. The van der Waals surface area contributed by atoms with Crippen molar-refractivity contribution in [3.8, 4) is 5.75 Å². The van der Waals surface area contributed by atoms with Gasteiger partial charge in [-0.25, -0.2) is 4.98 Å². The number of piperidine rings is 1. The Bertz CT molecular complexity index is 993. The Balaban J connectivity index is 1.45. The number of carbonyl (C=O) groups is 1. The first-order valence-electron chi connectivity index (χ1n) is 9.05. The van der Waals surface area contributed by atoms with Gasteiger partial charge in [-0.3, -0.25) is 4.79 Å². The van der Waals surface area contributed by atoms with Gasteiger partial charge in [0.15, 0.2) is 0 Å². The number of nitrogens with zero attached hydrogens (tertiary/aromatic N) is 2. The number of aromatic nitrogens is 1. The van der Waals surface area contributed by atoms with Crippen LogP contribution in [-0.2, 0) is 0 Å². The van der Waals surface area contributed by atoms with E-state index in [1.54, 1.807) is 18.4 Å². The van der Waals surface area contributed by atoms with Crippen molar-refractivity contribution < 1.29 is 9.53 Å². The Kier molecular flexibility index (Phi) is 5.06. The smallest absolute Gasteiger partial charge is 0.253 e. The summed E-state index contributed by atoms with van der Waals surface area (Å²) in [5, 5.41) is 1.87. The van der Waals surface area contributed by atoms with Gasteiger partial charge in [-0.05, 0) is 55.7 Å². The summed E-state index contributed by atoms with van der Waals surface area (Å²) in [5.74, 6) is 1.23. The molecule has 3 aromatic rings. The van der Waals surface area contributed by atoms with Crippen LogP contribution >= 0.6 is 22.9 Å². The van der Waals surface area contributed by atoms with E-state index in [4.69, 9.17) is 21.3 Å². The van der Waals surface area contributed by atoms with Gasteiger partial charge in [0.1, 0.15) is 5.75 Å². The fourth-order valence-electron chi connectivity index (χ4n) is 3.56. The predicted molar refractivity (Wildman–Crippen MR) is 110 cm³/mol. The van der Waals surface area contributed by atoms with Crippen molar-refractivity contribution in [2.45, 2.75) is 25.7 Å². The predicted octanol–water partition coefficient (Wildman–Crippen LogP) is 5.29. The molecule has 6 heteroatoms. The number of rotatable bonds is 3. The third-order valence-electron chi connectivity index (χ3n) is 5.15. The van der Waals surface area contributed by atoms with Gasteiger partial charge in [-0.2, -0.15) is 0 Å². The molecule has 0 bridgehead atoms. The quantitative estimate of drug-likeness (QED) is 0.600. The van der Waals surface area contributed by atoms with Crippen LogP contribution in [0.1, 0.15) is 39.7 Å². The fraction of sp³-hybridized carbons (Fsp3) is 0.333. The van der Waals surface area contributed by atoms with Crippen LogP contribution in [0.2, 0.25) is 5.02 Å². The van der Waals surface area contributed by atoms with E-state index in [1.165, 1.54) is 4.70 Å². The molecule has 140 valence electrons. The Hall–Kier alpha value is -2.11. The summed E-state index contributed by atoms with van der Waals surface area (Å²) in [6, 6.07) is 11.5. The number of hydrogen-bond donors (Lipinski definition) is 0. The Labute approximate surface area is 167 Å². The number of fused-ring (bicyclic) bond motifs is 1. The number of methoxy groups -OCH3 is 1. The molecule has 0 unspecified atom stereocenters. The highest BCUT2D eigenvalue weighted by molar-refractivity contribution is 7.18. The Morgan fingerprint density at radius 3 is 2.74 bits per heavy atom. The number of benzene rings is 2. The van der Waals surface area contributed by atoms with E-state index in [0.29, 0.717) is 16.5 Å². The van der Waals surface area contributed by atoms with Gasteiger partial charge in [0.2, 0.25) is 0 Å². The molecule has 0 spiro atoms. The van der Waals surface area contributed by atoms with Crippen LogP contribution in [0.15, 0.2) is 36.4 Å². The van der Waals surface area contributed by atoms with Crippen LogP contribution < -0.4 is 4.74 Å². The van der Waals surface area contributed by atoms with Gasteiger partial charge in [-0.15, -0.1) is 11.3 Å². The highest BCUT2D eigenvalue weighted by Crippen LogP contribution is 2.35. The molecule has 4 nitrogen and oxygen atoms in total. The van der Waals surface area contributed by atoms with Crippen LogP contribution in [-0.4, -0.2) is 36.0 Å². The minimum Gasteiger partial charge on any atom is -0.496 e. The molecule has 0 N–H and O–H groups in total. The summed E-state index contributed by atoms with van der Waals surface area (Å²) in [6.45, 7) is 3.47. The number of amides is 1. The Morgan fingerprint density at radius 2 is 2.00 bits per heavy atom. The lowest BCUT2D eigenvalue weighted by molar-refractivity contribution is 0.0712. The molecular weight excluding hydrogens is 380 g/mol. The summed E-state index contributed by atoms with van der Waals surface area (Å²) in [4.78, 5) is 19.6. The largest absolute Gasteiger partial charge is 0.496 e. The number of hydrogen-bond acceptors (Lipinski definition) is 4. The maximum Gasteiger partial charge on any atom is 0.253 e. The third-order valence-corrected chi connectivity index (χ3v) is 6.59. The van der Waals surface area contributed by atoms with E-state index in [2.05, 4.69) is 0 Å². The minimum atomic E-state index is 0.0721. The molecule has 1 amide bonds. The average molecular weight is 401 g/mol. The zero-order valence-electron chi connectivity index (χ0n) is 15.4. The van der Waals surface area contributed by atoms with Crippen molar-refractivity contribution in [2.24, 2.45) is 0 Å². The lowest BCUT2D eigenvalue weighted by atomic mass is 9.97. The first-order chi connectivity index (χ1) is 13.0. The summed E-state index contributed by atoms with van der Waals surface area (Å²) >= 11 is 7.80. The number of ether oxygens (including phenoxy) is 1. The van der Waals surface area contributed by atoms with Crippen molar-refractivity contribution in [3.05, 3.63) is 57.6 Å². The van der Waals surface area contributed by atoms with Crippen LogP contribution in [0.4, 0.5) is 0 Å². The molecule has 1 aromatic heterocycles. The van der Waals surface area contributed by atoms with Crippen LogP contribution in [0.3, 0.4) is 0 Å². The lowest BCUT2D eigenvalue weighted by Crippen LogP contribution is -2.37. The number of likely N-dealkylation sites (tertiary alicyclic amines) is 1. The molecule has 1 saturated heterocycles. The molecule has 2 aromatic carbocycles. The molecule has 2 heterocycles. The molecular formula is C21H21ClN2O2S. The molecule has 27 heavy (non-hydrogen) atoms. The molecule has 0 radical (unpaired) electrons. The normalized spacial score (nSPS) is 15.3. The molecule has 1 aliphatic rings. The maximum atomic E-state index is 12.8. The third kappa shape index (κ3) is 3.66. The summed E-state index contributed by atoms with van der Waals surface area (Å²) in [5.41, 5.74) is 2.68. The highest BCUT2D eigenvalue weighted by Gasteiger charge is 2.26. The second-order valence-corrected chi connectivity index (χ2v) is 8.41. The molecule has 0 saturated carbocycles. The SMILES string of the molecule is COc1cc(C(=O)N2CCC(c3nc4cc(Cl)ccc4s3)CC2)ccc1C. The lowest BCUT2D eigenvalue weighted by Gasteiger charge is -2.31. The van der Waals surface area contributed by atoms with Gasteiger partial charge in [0, 0.05) is 29.6 Å². The zero-order chi connectivity index (χ0) is 19.0. The number of carbonyl (C=O) groups excluding carboxylic acids is 1. The van der Waals surface area contributed by atoms with Crippen LogP contribution in [0.5, 0.6) is 5.75 Å². The molecule has 1 aliphatic heterocycles. The molecule has 1 fully saturated rings. The van der Waals surface area contributed by atoms with Crippen molar-refractivity contribution in [1.29, 1.82) is 0 Å². The molecule has 0 aliphatic carbocycles. The first kappa shape index (κ1) is 18.3. The fourth-order valence-corrected chi connectivity index (χ4v) is 4.84. The number of halogens is 1. The standard InChI is InChI=1S/C21H21ClN2O2S/c1-13-3-4-15(11-18(13)26-2)21(25)24-9-7-14(8-10-24)20-23-17-12-16(22)5-6-19(17)27-20/h3-6,11-12,14H,7-10H2,1-2H3. The summed E-state index contributed by atoms with van der Waals surface area (Å²) in [6.07, 6.45) is 1.87. The zero-order valence-corrected chi connectivity index (χ0v) is 16.9. The van der Waals surface area contributed by atoms with Crippen LogP contribution in [0, 0.1) is 6.92 Å². The number of aryl methyl sites for hydroxylation is 1. The van der Waals surface area contributed by atoms with E-state index in [0.717, 1.165) is 47.8 Å². The van der Waals surface area contributed by atoms with E-state index in [9.17, 15) is 4.79 Å². The average Bonchev–Trinajstić information content (AvgIpc) is 3.11. The maximum absolute atomic E-state index is 12.8. The van der Waals surface area contributed by atoms with Crippen molar-refractivity contribution in [1.82, 2.24) is 9.88 Å². The van der Waals surface area contributed by atoms with Crippen molar-refractivity contribution in [2.75, 3.05) is 20.2 Å². The molecule has 0 atom stereocenters. The highest BCUT2D eigenvalue weighted by atomic mass is 35.5. The van der Waals surface area contributed by atoms with E-state index >= 15 is 0 Å². The minimum absolute atomic E-state index is 0.0721. The van der Waals surface area contributed by atoms with E-state index < -0.39 is 0 Å². The summed E-state index contributed by atoms with van der Waals surface area (Å²) in [7, 11) is 1.63. The second-order valence-electron chi connectivity index (χ2n) is 6.92. The van der Waals surface area contributed by atoms with Gasteiger partial charge in [0.05, 0.1) is 22.3 Å². The first-order valence-corrected chi connectivity index (χ1v) is 10.2. The van der Waals surface area contributed by atoms with E-state index in [1.807, 2.05) is 48.2 Å². The second kappa shape index (κ2) is 7.49. The van der Waals surface area contributed by atoms with Gasteiger partial charge < -0.3 is 9.64 Å². The summed E-state index contributed by atoms with van der Waals surface area (Å²) < 4.78 is 6.51.